The average molecular weight is 381 g/mol. The first-order chi connectivity index (χ1) is 13.2. The summed E-state index contributed by atoms with van der Waals surface area (Å²) >= 11 is 1.49. The van der Waals surface area contributed by atoms with Crippen LogP contribution in [0.2, 0.25) is 0 Å². The minimum atomic E-state index is -0.375. The van der Waals surface area contributed by atoms with E-state index in [-0.39, 0.29) is 5.63 Å². The Balaban J connectivity index is 1.55. The zero-order valence-corrected chi connectivity index (χ0v) is 15.8. The van der Waals surface area contributed by atoms with Crippen LogP contribution in [0.1, 0.15) is 11.4 Å². The summed E-state index contributed by atoms with van der Waals surface area (Å²) in [5.41, 5.74) is 2.37. The molecule has 7 nitrogen and oxygen atoms in total. The van der Waals surface area contributed by atoms with Crippen molar-refractivity contribution in [1.29, 1.82) is 0 Å². The molecule has 1 aromatic carbocycles. The molecule has 138 valence electrons. The van der Waals surface area contributed by atoms with Gasteiger partial charge in [-0.05, 0) is 38.1 Å². The summed E-state index contributed by atoms with van der Waals surface area (Å²) in [4.78, 5) is 20.2. The quantitative estimate of drug-likeness (QED) is 0.538. The van der Waals surface area contributed by atoms with Crippen molar-refractivity contribution >= 4 is 33.0 Å². The monoisotopic (exact) mass is 381 g/mol. The first kappa shape index (κ1) is 16.5. The van der Waals surface area contributed by atoms with Gasteiger partial charge in [0.1, 0.15) is 10.6 Å². The molecule has 0 saturated carbocycles. The van der Waals surface area contributed by atoms with Gasteiger partial charge in [-0.2, -0.15) is 5.10 Å². The maximum Gasteiger partial charge on any atom is 0.345 e. The van der Waals surface area contributed by atoms with Crippen molar-refractivity contribution in [1.82, 2.24) is 19.9 Å². The van der Waals surface area contributed by atoms with Crippen LogP contribution in [0.25, 0.3) is 27.2 Å². The van der Waals surface area contributed by atoms with Crippen molar-refractivity contribution in [2.24, 2.45) is 0 Å². The molecule has 0 bridgehead atoms. The third kappa shape index (κ3) is 3.00. The molecule has 0 unspecified atom stereocenters. The van der Waals surface area contributed by atoms with Crippen molar-refractivity contribution in [2.75, 3.05) is 31.1 Å². The molecule has 3 aromatic heterocycles. The molecule has 27 heavy (non-hydrogen) atoms. The topological polar surface area (TPSA) is 75.7 Å². The zero-order chi connectivity index (χ0) is 18.4. The first-order valence-electron chi connectivity index (χ1n) is 9.04. The van der Waals surface area contributed by atoms with Crippen molar-refractivity contribution in [2.45, 2.75) is 13.3 Å². The predicted octanol–water partition coefficient (Wildman–Crippen LogP) is 2.67. The molecular formula is C19H19N5O2S. The van der Waals surface area contributed by atoms with E-state index in [1.54, 1.807) is 10.7 Å². The van der Waals surface area contributed by atoms with E-state index in [1.165, 1.54) is 11.3 Å². The third-order valence-corrected chi connectivity index (χ3v) is 5.68. The van der Waals surface area contributed by atoms with Gasteiger partial charge in [-0.3, -0.25) is 0 Å². The predicted molar refractivity (Wildman–Crippen MR) is 107 cm³/mol. The van der Waals surface area contributed by atoms with E-state index in [0.29, 0.717) is 16.8 Å². The van der Waals surface area contributed by atoms with Crippen LogP contribution in [0.5, 0.6) is 0 Å². The van der Waals surface area contributed by atoms with Crippen LogP contribution in [0, 0.1) is 6.92 Å². The van der Waals surface area contributed by atoms with Gasteiger partial charge in [0.25, 0.3) is 0 Å². The van der Waals surface area contributed by atoms with Gasteiger partial charge < -0.3 is 14.6 Å². The molecule has 0 amide bonds. The van der Waals surface area contributed by atoms with Crippen LogP contribution in [-0.2, 0) is 0 Å². The lowest BCUT2D eigenvalue weighted by molar-refractivity contribution is 0.563. The van der Waals surface area contributed by atoms with E-state index in [9.17, 15) is 4.79 Å². The number of aromatic nitrogens is 3. The third-order valence-electron chi connectivity index (χ3n) is 4.84. The lowest BCUT2D eigenvalue weighted by Crippen LogP contribution is -2.27. The normalized spacial score (nSPS) is 15.5. The van der Waals surface area contributed by atoms with Crippen LogP contribution in [0.4, 0.5) is 5.69 Å². The minimum absolute atomic E-state index is 0.375. The Kier molecular flexibility index (Phi) is 3.95. The van der Waals surface area contributed by atoms with E-state index in [0.717, 1.165) is 53.6 Å². The van der Waals surface area contributed by atoms with Gasteiger partial charge in [-0.25, -0.2) is 14.3 Å². The van der Waals surface area contributed by atoms with E-state index < -0.39 is 0 Å². The highest BCUT2D eigenvalue weighted by atomic mass is 32.1. The first-order valence-corrected chi connectivity index (χ1v) is 9.86. The van der Waals surface area contributed by atoms with Gasteiger partial charge >= 0.3 is 5.63 Å². The highest BCUT2D eigenvalue weighted by Crippen LogP contribution is 2.26. The number of fused-ring (bicyclic) bond motifs is 2. The van der Waals surface area contributed by atoms with Gasteiger partial charge in [-0.15, -0.1) is 0 Å². The number of nitrogens with zero attached hydrogens (tertiary/aromatic N) is 4. The van der Waals surface area contributed by atoms with Gasteiger partial charge in [-0.1, -0.05) is 11.3 Å². The Labute approximate surface area is 159 Å². The standard InChI is InChI=1S/C19H19N5O2S/c1-12-22-24-11-16(21-19(24)27-12)15-9-13-3-4-14(10-17(13)26-18(15)25)23-7-2-5-20-6-8-23/h3-4,9-11,20H,2,5-8H2,1H3. The second kappa shape index (κ2) is 6.47. The summed E-state index contributed by atoms with van der Waals surface area (Å²) in [6, 6.07) is 7.92. The summed E-state index contributed by atoms with van der Waals surface area (Å²) in [5, 5.41) is 9.58. The highest BCUT2D eigenvalue weighted by Gasteiger charge is 2.15. The summed E-state index contributed by atoms with van der Waals surface area (Å²) in [6.45, 7) is 5.89. The van der Waals surface area contributed by atoms with Gasteiger partial charge in [0, 0.05) is 36.8 Å². The van der Waals surface area contributed by atoms with E-state index in [4.69, 9.17) is 4.42 Å². The van der Waals surface area contributed by atoms with Crippen molar-refractivity contribution in [3.8, 4) is 11.3 Å². The molecule has 8 heteroatoms. The average Bonchev–Trinajstić information content (AvgIpc) is 3.06. The van der Waals surface area contributed by atoms with Crippen LogP contribution in [0.3, 0.4) is 0 Å². The van der Waals surface area contributed by atoms with Crippen LogP contribution < -0.4 is 15.8 Å². The molecule has 0 radical (unpaired) electrons. The molecule has 1 saturated heterocycles. The van der Waals surface area contributed by atoms with Crippen molar-refractivity contribution in [3.63, 3.8) is 0 Å². The fourth-order valence-corrected chi connectivity index (χ4v) is 4.23. The highest BCUT2D eigenvalue weighted by molar-refractivity contribution is 7.16. The number of hydrogen-bond acceptors (Lipinski definition) is 7. The lowest BCUT2D eigenvalue weighted by Gasteiger charge is -2.22. The molecule has 5 rings (SSSR count). The molecule has 0 atom stereocenters. The molecule has 4 heterocycles. The largest absolute Gasteiger partial charge is 0.422 e. The number of rotatable bonds is 2. The van der Waals surface area contributed by atoms with Gasteiger partial charge in [0.05, 0.1) is 17.5 Å². The lowest BCUT2D eigenvalue weighted by atomic mass is 10.1. The van der Waals surface area contributed by atoms with Crippen molar-refractivity contribution in [3.05, 3.63) is 45.9 Å². The second-order valence-electron chi connectivity index (χ2n) is 6.73. The van der Waals surface area contributed by atoms with Gasteiger partial charge in [0.2, 0.25) is 4.96 Å². The number of imidazole rings is 1. The van der Waals surface area contributed by atoms with Gasteiger partial charge in [0.15, 0.2) is 0 Å². The summed E-state index contributed by atoms with van der Waals surface area (Å²) < 4.78 is 7.35. The maximum atomic E-state index is 12.6. The Hall–Kier alpha value is -2.71. The number of hydrogen-bond donors (Lipinski definition) is 1. The number of benzene rings is 1. The molecule has 1 aliphatic rings. The fraction of sp³-hybridized carbons (Fsp3) is 0.316. The van der Waals surface area contributed by atoms with Crippen LogP contribution >= 0.6 is 11.3 Å². The summed E-state index contributed by atoms with van der Waals surface area (Å²) in [7, 11) is 0. The Bertz CT molecular complexity index is 1150. The number of nitrogens with one attached hydrogen (secondary N) is 1. The smallest absolute Gasteiger partial charge is 0.345 e. The van der Waals surface area contributed by atoms with E-state index in [1.807, 2.05) is 25.1 Å². The van der Waals surface area contributed by atoms with Crippen LogP contribution in [-0.4, -0.2) is 40.8 Å². The summed E-state index contributed by atoms with van der Waals surface area (Å²) in [6.07, 6.45) is 2.88. The molecule has 4 aromatic rings. The van der Waals surface area contributed by atoms with E-state index in [2.05, 4.69) is 26.4 Å². The maximum absolute atomic E-state index is 12.6. The number of anilines is 1. The fourth-order valence-electron chi connectivity index (χ4n) is 3.51. The second-order valence-corrected chi connectivity index (χ2v) is 7.89. The molecular weight excluding hydrogens is 362 g/mol. The summed E-state index contributed by atoms with van der Waals surface area (Å²) in [5.74, 6) is 0. The molecule has 1 aliphatic heterocycles. The Morgan fingerprint density at radius 2 is 2.15 bits per heavy atom. The minimum Gasteiger partial charge on any atom is -0.422 e. The van der Waals surface area contributed by atoms with Crippen LogP contribution in [0.15, 0.2) is 39.7 Å². The number of aryl methyl sites for hydroxylation is 1. The Morgan fingerprint density at radius 3 is 3.04 bits per heavy atom. The Morgan fingerprint density at radius 1 is 1.22 bits per heavy atom. The SMILES string of the molecule is Cc1nn2cc(-c3cc4ccc(N5CCCNCC5)cc4oc3=O)nc2s1. The molecule has 0 aliphatic carbocycles. The molecule has 0 spiro atoms. The van der Waals surface area contributed by atoms with Crippen molar-refractivity contribution < 1.29 is 4.42 Å². The zero-order valence-electron chi connectivity index (χ0n) is 14.9. The molecule has 1 N–H and O–H groups in total. The molecule has 1 fully saturated rings. The van der Waals surface area contributed by atoms with E-state index >= 15 is 0 Å².